The van der Waals surface area contributed by atoms with Gasteiger partial charge in [0.05, 0.1) is 17.2 Å². The number of non-ortho nitro benzene ring substituents is 1. The molecule has 0 unspecified atom stereocenters. The average molecular weight is 328 g/mol. The number of aryl methyl sites for hydroxylation is 1. The molecule has 0 bridgehead atoms. The fourth-order valence-electron chi connectivity index (χ4n) is 2.35. The van der Waals surface area contributed by atoms with Crippen LogP contribution in [0.2, 0.25) is 0 Å². The third-order valence-electron chi connectivity index (χ3n) is 3.56. The molecule has 0 saturated heterocycles. The zero-order valence-corrected chi connectivity index (χ0v) is 14.0. The SMILES string of the molecule is CC.Cc1ccc(CN2C(=O)COc3ccc([N+](=O)[O-])cc32)cc1. The summed E-state index contributed by atoms with van der Waals surface area (Å²) in [7, 11) is 0. The van der Waals surface area contributed by atoms with Crippen molar-refractivity contribution in [3.05, 3.63) is 63.7 Å². The van der Waals surface area contributed by atoms with Crippen molar-refractivity contribution in [3.63, 3.8) is 0 Å². The summed E-state index contributed by atoms with van der Waals surface area (Å²) in [5.74, 6) is 0.269. The molecule has 2 aromatic rings. The van der Waals surface area contributed by atoms with Crippen LogP contribution in [0.1, 0.15) is 25.0 Å². The lowest BCUT2D eigenvalue weighted by molar-refractivity contribution is -0.384. The fourth-order valence-corrected chi connectivity index (χ4v) is 2.35. The summed E-state index contributed by atoms with van der Waals surface area (Å²) in [5.41, 5.74) is 2.46. The van der Waals surface area contributed by atoms with Crippen molar-refractivity contribution >= 4 is 17.3 Å². The maximum Gasteiger partial charge on any atom is 0.271 e. The Morgan fingerprint density at radius 2 is 1.83 bits per heavy atom. The molecule has 1 amide bonds. The van der Waals surface area contributed by atoms with Crippen LogP contribution >= 0.6 is 0 Å². The number of anilines is 1. The van der Waals surface area contributed by atoms with E-state index in [1.165, 1.54) is 23.1 Å². The summed E-state index contributed by atoms with van der Waals surface area (Å²) >= 11 is 0. The van der Waals surface area contributed by atoms with Crippen LogP contribution in [0.15, 0.2) is 42.5 Å². The van der Waals surface area contributed by atoms with Gasteiger partial charge in [-0.1, -0.05) is 43.7 Å². The molecule has 0 spiro atoms. The molecule has 1 aliphatic heterocycles. The van der Waals surface area contributed by atoms with E-state index in [9.17, 15) is 14.9 Å². The molecule has 126 valence electrons. The molecular weight excluding hydrogens is 308 g/mol. The van der Waals surface area contributed by atoms with E-state index < -0.39 is 4.92 Å². The first kappa shape index (κ1) is 17.5. The smallest absolute Gasteiger partial charge is 0.271 e. The number of nitro benzene ring substituents is 1. The lowest BCUT2D eigenvalue weighted by Gasteiger charge is -2.29. The van der Waals surface area contributed by atoms with E-state index in [1.807, 2.05) is 45.0 Å². The normalized spacial score (nSPS) is 12.6. The summed E-state index contributed by atoms with van der Waals surface area (Å²) in [5, 5.41) is 10.9. The van der Waals surface area contributed by atoms with Crippen molar-refractivity contribution in [2.45, 2.75) is 27.3 Å². The molecule has 0 aliphatic carbocycles. The highest BCUT2D eigenvalue weighted by Gasteiger charge is 2.27. The highest BCUT2D eigenvalue weighted by Crippen LogP contribution is 2.36. The number of hydrogen-bond acceptors (Lipinski definition) is 4. The monoisotopic (exact) mass is 328 g/mol. The molecular formula is C18H20N2O4. The number of nitro groups is 1. The van der Waals surface area contributed by atoms with Gasteiger partial charge in [0, 0.05) is 12.1 Å². The van der Waals surface area contributed by atoms with E-state index in [2.05, 4.69) is 0 Å². The Bertz CT molecular complexity index is 741. The molecule has 0 N–H and O–H groups in total. The number of benzene rings is 2. The van der Waals surface area contributed by atoms with E-state index >= 15 is 0 Å². The number of carbonyl (C=O) groups excluding carboxylic acids is 1. The minimum absolute atomic E-state index is 0.0589. The Kier molecular flexibility index (Phi) is 5.52. The average Bonchev–Trinajstić information content (AvgIpc) is 2.60. The molecule has 1 heterocycles. The van der Waals surface area contributed by atoms with Crippen molar-refractivity contribution in [3.8, 4) is 5.75 Å². The van der Waals surface area contributed by atoms with Gasteiger partial charge in [-0.25, -0.2) is 0 Å². The fraction of sp³-hybridized carbons (Fsp3) is 0.278. The molecule has 3 rings (SSSR count). The van der Waals surface area contributed by atoms with E-state index in [1.54, 1.807) is 0 Å². The maximum absolute atomic E-state index is 12.1. The first-order chi connectivity index (χ1) is 11.5. The van der Waals surface area contributed by atoms with Crippen molar-refractivity contribution < 1.29 is 14.5 Å². The topological polar surface area (TPSA) is 72.7 Å². The van der Waals surface area contributed by atoms with Gasteiger partial charge < -0.3 is 9.64 Å². The lowest BCUT2D eigenvalue weighted by Crippen LogP contribution is -2.38. The molecule has 0 saturated carbocycles. The maximum atomic E-state index is 12.1. The predicted molar refractivity (Wildman–Crippen MR) is 92.3 cm³/mol. The minimum Gasteiger partial charge on any atom is -0.482 e. The first-order valence-corrected chi connectivity index (χ1v) is 7.82. The first-order valence-electron chi connectivity index (χ1n) is 7.82. The number of carbonyl (C=O) groups is 1. The van der Waals surface area contributed by atoms with Crippen LogP contribution in [0.3, 0.4) is 0 Å². The predicted octanol–water partition coefficient (Wildman–Crippen LogP) is 3.86. The molecule has 0 fully saturated rings. The minimum atomic E-state index is -0.483. The Labute approximate surface area is 140 Å². The second-order valence-electron chi connectivity index (χ2n) is 5.16. The van der Waals surface area contributed by atoms with E-state index in [4.69, 9.17) is 4.74 Å². The van der Waals surface area contributed by atoms with Crippen molar-refractivity contribution in [1.82, 2.24) is 0 Å². The standard InChI is InChI=1S/C16H14N2O4.C2H6/c1-11-2-4-12(5-3-11)9-17-14-8-13(18(20)21)6-7-15(14)22-10-16(17)19;1-2/h2-8H,9-10H2,1H3;1-2H3. The largest absolute Gasteiger partial charge is 0.482 e. The van der Waals surface area contributed by atoms with Crippen molar-refractivity contribution in [2.24, 2.45) is 0 Å². The van der Waals surface area contributed by atoms with Gasteiger partial charge in [0.1, 0.15) is 5.75 Å². The van der Waals surface area contributed by atoms with E-state index in [0.717, 1.165) is 11.1 Å². The molecule has 1 aliphatic rings. The van der Waals surface area contributed by atoms with E-state index in [0.29, 0.717) is 18.0 Å². The molecule has 24 heavy (non-hydrogen) atoms. The van der Waals surface area contributed by atoms with Crippen LogP contribution in [0.25, 0.3) is 0 Å². The molecule has 6 heteroatoms. The molecule has 0 atom stereocenters. The van der Waals surface area contributed by atoms with Gasteiger partial charge in [-0.2, -0.15) is 0 Å². The molecule has 2 aromatic carbocycles. The molecule has 6 nitrogen and oxygen atoms in total. The molecule has 0 aromatic heterocycles. The number of amides is 1. The van der Waals surface area contributed by atoms with Gasteiger partial charge in [-0.05, 0) is 18.6 Å². The second-order valence-corrected chi connectivity index (χ2v) is 5.16. The third-order valence-corrected chi connectivity index (χ3v) is 3.56. The van der Waals surface area contributed by atoms with Gasteiger partial charge in [-0.15, -0.1) is 0 Å². The third kappa shape index (κ3) is 3.71. The summed E-state index contributed by atoms with van der Waals surface area (Å²) in [4.78, 5) is 24.1. The van der Waals surface area contributed by atoms with Crippen LogP contribution in [0.5, 0.6) is 5.75 Å². The second kappa shape index (κ2) is 7.59. The van der Waals surface area contributed by atoms with Crippen LogP contribution in [-0.4, -0.2) is 17.4 Å². The Balaban J connectivity index is 0.00000100. The molecule has 0 radical (unpaired) electrons. The number of hydrogen-bond donors (Lipinski definition) is 0. The van der Waals surface area contributed by atoms with E-state index in [-0.39, 0.29) is 18.2 Å². The number of ether oxygens (including phenoxy) is 1. The quantitative estimate of drug-likeness (QED) is 0.633. The van der Waals surface area contributed by atoms with Gasteiger partial charge in [0.2, 0.25) is 0 Å². The van der Waals surface area contributed by atoms with Crippen LogP contribution in [0.4, 0.5) is 11.4 Å². The van der Waals surface area contributed by atoms with Crippen LogP contribution in [-0.2, 0) is 11.3 Å². The van der Waals surface area contributed by atoms with Gasteiger partial charge in [0.15, 0.2) is 6.61 Å². The van der Waals surface area contributed by atoms with Crippen molar-refractivity contribution in [2.75, 3.05) is 11.5 Å². The lowest BCUT2D eigenvalue weighted by atomic mass is 10.1. The zero-order chi connectivity index (χ0) is 17.7. The highest BCUT2D eigenvalue weighted by molar-refractivity contribution is 5.98. The van der Waals surface area contributed by atoms with Crippen LogP contribution < -0.4 is 9.64 Å². The highest BCUT2D eigenvalue weighted by atomic mass is 16.6. The van der Waals surface area contributed by atoms with Gasteiger partial charge in [0.25, 0.3) is 11.6 Å². The summed E-state index contributed by atoms with van der Waals surface area (Å²) in [6.07, 6.45) is 0. The number of nitrogens with zero attached hydrogens (tertiary/aromatic N) is 2. The summed E-state index contributed by atoms with van der Waals surface area (Å²) < 4.78 is 5.34. The Morgan fingerprint density at radius 3 is 2.46 bits per heavy atom. The van der Waals surface area contributed by atoms with Gasteiger partial charge in [-0.3, -0.25) is 14.9 Å². The Hall–Kier alpha value is -2.89. The van der Waals surface area contributed by atoms with Crippen molar-refractivity contribution in [1.29, 1.82) is 0 Å². The van der Waals surface area contributed by atoms with Crippen LogP contribution in [0, 0.1) is 17.0 Å². The number of rotatable bonds is 3. The number of fused-ring (bicyclic) bond motifs is 1. The summed E-state index contributed by atoms with van der Waals surface area (Å²) in [6.45, 7) is 6.29. The van der Waals surface area contributed by atoms with Gasteiger partial charge >= 0.3 is 0 Å². The Morgan fingerprint density at radius 1 is 1.17 bits per heavy atom. The summed E-state index contributed by atoms with van der Waals surface area (Å²) in [6, 6.07) is 12.1. The zero-order valence-electron chi connectivity index (χ0n) is 14.0.